The Morgan fingerprint density at radius 1 is 1.00 bits per heavy atom. The highest BCUT2D eigenvalue weighted by Crippen LogP contribution is 2.18. The van der Waals surface area contributed by atoms with Crippen LogP contribution in [0.1, 0.15) is 21.6 Å². The molecule has 0 spiro atoms. The SMILES string of the molecule is Cc1cccc(CNC(=O)c2cc(NCCN(C)C)nc(-c3ccccc3)n2)c1. The van der Waals surface area contributed by atoms with E-state index in [1.165, 1.54) is 0 Å². The molecule has 0 saturated heterocycles. The molecule has 0 radical (unpaired) electrons. The van der Waals surface area contributed by atoms with Gasteiger partial charge in [0.25, 0.3) is 5.91 Å². The Morgan fingerprint density at radius 2 is 1.79 bits per heavy atom. The number of aryl methyl sites for hydroxylation is 1. The lowest BCUT2D eigenvalue weighted by molar-refractivity contribution is 0.0946. The zero-order valence-corrected chi connectivity index (χ0v) is 17.1. The third-order valence-electron chi connectivity index (χ3n) is 4.39. The van der Waals surface area contributed by atoms with Gasteiger partial charge in [0.05, 0.1) is 0 Å². The van der Waals surface area contributed by atoms with Gasteiger partial charge in [-0.1, -0.05) is 60.2 Å². The van der Waals surface area contributed by atoms with Gasteiger partial charge in [-0.15, -0.1) is 0 Å². The maximum absolute atomic E-state index is 12.8. The fraction of sp³-hybridized carbons (Fsp3) is 0.261. The summed E-state index contributed by atoms with van der Waals surface area (Å²) >= 11 is 0. The number of hydrogen-bond donors (Lipinski definition) is 2. The molecule has 29 heavy (non-hydrogen) atoms. The van der Waals surface area contributed by atoms with Crippen LogP contribution >= 0.6 is 0 Å². The van der Waals surface area contributed by atoms with E-state index in [4.69, 9.17) is 0 Å². The van der Waals surface area contributed by atoms with Crippen LogP contribution in [0.4, 0.5) is 5.82 Å². The van der Waals surface area contributed by atoms with Crippen LogP contribution in [0.2, 0.25) is 0 Å². The van der Waals surface area contributed by atoms with E-state index in [-0.39, 0.29) is 5.91 Å². The van der Waals surface area contributed by atoms with Crippen LogP contribution in [0.15, 0.2) is 60.7 Å². The van der Waals surface area contributed by atoms with Crippen LogP contribution < -0.4 is 10.6 Å². The van der Waals surface area contributed by atoms with Crippen molar-refractivity contribution in [2.24, 2.45) is 0 Å². The summed E-state index contributed by atoms with van der Waals surface area (Å²) in [6.45, 7) is 4.07. The average Bonchev–Trinajstić information content (AvgIpc) is 2.72. The molecule has 1 amide bonds. The van der Waals surface area contributed by atoms with Crippen molar-refractivity contribution in [2.45, 2.75) is 13.5 Å². The molecule has 0 aliphatic heterocycles. The molecule has 0 aliphatic carbocycles. The van der Waals surface area contributed by atoms with Gasteiger partial charge < -0.3 is 15.5 Å². The van der Waals surface area contributed by atoms with Crippen LogP contribution in [0.3, 0.4) is 0 Å². The second-order valence-corrected chi connectivity index (χ2v) is 7.23. The summed E-state index contributed by atoms with van der Waals surface area (Å²) in [5.74, 6) is 0.948. The fourth-order valence-electron chi connectivity index (χ4n) is 2.87. The van der Waals surface area contributed by atoms with E-state index in [2.05, 4.69) is 31.6 Å². The number of likely N-dealkylation sites (N-methyl/N-ethyl adjacent to an activating group) is 1. The van der Waals surface area contributed by atoms with Gasteiger partial charge in [-0.25, -0.2) is 9.97 Å². The molecule has 1 aromatic heterocycles. The number of hydrogen-bond acceptors (Lipinski definition) is 5. The van der Waals surface area contributed by atoms with Crippen molar-refractivity contribution in [2.75, 3.05) is 32.5 Å². The highest BCUT2D eigenvalue weighted by molar-refractivity contribution is 5.93. The van der Waals surface area contributed by atoms with E-state index in [1.807, 2.05) is 69.6 Å². The molecule has 2 aromatic carbocycles. The molecule has 3 aromatic rings. The van der Waals surface area contributed by atoms with E-state index in [9.17, 15) is 4.79 Å². The number of anilines is 1. The Balaban J connectivity index is 1.80. The number of nitrogens with one attached hydrogen (secondary N) is 2. The van der Waals surface area contributed by atoms with Crippen molar-refractivity contribution >= 4 is 11.7 Å². The Bertz CT molecular complexity index is 956. The number of amides is 1. The lowest BCUT2D eigenvalue weighted by Gasteiger charge is -2.13. The summed E-state index contributed by atoms with van der Waals surface area (Å²) in [6.07, 6.45) is 0. The van der Waals surface area contributed by atoms with Gasteiger partial charge in [-0.3, -0.25) is 4.79 Å². The number of aromatic nitrogens is 2. The minimum Gasteiger partial charge on any atom is -0.369 e. The van der Waals surface area contributed by atoms with Crippen molar-refractivity contribution in [1.82, 2.24) is 20.2 Å². The molecule has 1 heterocycles. The summed E-state index contributed by atoms with van der Waals surface area (Å²) in [5, 5.41) is 6.25. The summed E-state index contributed by atoms with van der Waals surface area (Å²) < 4.78 is 0. The molecule has 0 unspecified atom stereocenters. The molecule has 3 rings (SSSR count). The fourth-order valence-corrected chi connectivity index (χ4v) is 2.87. The van der Waals surface area contributed by atoms with Gasteiger partial charge in [0, 0.05) is 31.3 Å². The first-order chi connectivity index (χ1) is 14.0. The number of carbonyl (C=O) groups is 1. The Morgan fingerprint density at radius 3 is 2.52 bits per heavy atom. The predicted molar refractivity (Wildman–Crippen MR) is 117 cm³/mol. The maximum Gasteiger partial charge on any atom is 0.270 e. The maximum atomic E-state index is 12.8. The Labute approximate surface area is 172 Å². The van der Waals surface area contributed by atoms with Crippen molar-refractivity contribution in [1.29, 1.82) is 0 Å². The first kappa shape index (κ1) is 20.5. The van der Waals surface area contributed by atoms with E-state index in [0.717, 1.165) is 29.8 Å². The van der Waals surface area contributed by atoms with Gasteiger partial charge in [0.1, 0.15) is 11.5 Å². The molecule has 0 atom stereocenters. The van der Waals surface area contributed by atoms with Gasteiger partial charge >= 0.3 is 0 Å². The molecule has 0 saturated carbocycles. The molecule has 150 valence electrons. The normalized spacial score (nSPS) is 10.8. The van der Waals surface area contributed by atoms with E-state index in [0.29, 0.717) is 23.9 Å². The van der Waals surface area contributed by atoms with Crippen molar-refractivity contribution in [3.63, 3.8) is 0 Å². The lowest BCUT2D eigenvalue weighted by Crippen LogP contribution is -2.25. The van der Waals surface area contributed by atoms with Crippen LogP contribution in [0.25, 0.3) is 11.4 Å². The second kappa shape index (κ2) is 9.80. The van der Waals surface area contributed by atoms with Gasteiger partial charge in [-0.05, 0) is 26.6 Å². The van der Waals surface area contributed by atoms with Crippen LogP contribution in [-0.2, 0) is 6.54 Å². The standard InChI is InChI=1S/C23H27N5O/c1-17-8-7-9-18(14-17)16-25-23(29)20-15-21(24-12-13-28(2)3)27-22(26-20)19-10-5-4-6-11-19/h4-11,14-15H,12-13,16H2,1-3H3,(H,25,29)(H,24,26,27). The minimum atomic E-state index is -0.221. The van der Waals surface area contributed by atoms with Crippen LogP contribution in [0, 0.1) is 6.92 Å². The van der Waals surface area contributed by atoms with Gasteiger partial charge in [0.15, 0.2) is 5.82 Å². The van der Waals surface area contributed by atoms with E-state index in [1.54, 1.807) is 6.07 Å². The minimum absolute atomic E-state index is 0.221. The number of rotatable bonds is 8. The molecule has 0 aliphatic rings. The lowest BCUT2D eigenvalue weighted by atomic mass is 10.1. The van der Waals surface area contributed by atoms with Crippen molar-refractivity contribution in [3.05, 3.63) is 77.5 Å². The zero-order chi connectivity index (χ0) is 20.6. The molecular weight excluding hydrogens is 362 g/mol. The average molecular weight is 390 g/mol. The molecule has 0 bridgehead atoms. The van der Waals surface area contributed by atoms with Crippen LogP contribution in [0.5, 0.6) is 0 Å². The largest absolute Gasteiger partial charge is 0.369 e. The van der Waals surface area contributed by atoms with Gasteiger partial charge in [-0.2, -0.15) is 0 Å². The molecule has 6 heteroatoms. The third-order valence-corrected chi connectivity index (χ3v) is 4.39. The van der Waals surface area contributed by atoms with E-state index < -0.39 is 0 Å². The molecular formula is C23H27N5O. The van der Waals surface area contributed by atoms with Gasteiger partial charge in [0.2, 0.25) is 0 Å². The first-order valence-corrected chi connectivity index (χ1v) is 9.68. The smallest absolute Gasteiger partial charge is 0.270 e. The number of nitrogens with zero attached hydrogens (tertiary/aromatic N) is 3. The topological polar surface area (TPSA) is 70.2 Å². The molecule has 2 N–H and O–H groups in total. The Hall–Kier alpha value is -3.25. The zero-order valence-electron chi connectivity index (χ0n) is 17.1. The summed E-state index contributed by atoms with van der Waals surface area (Å²) in [7, 11) is 4.03. The quantitative estimate of drug-likeness (QED) is 0.618. The second-order valence-electron chi connectivity index (χ2n) is 7.23. The monoisotopic (exact) mass is 389 g/mol. The van der Waals surface area contributed by atoms with Crippen molar-refractivity contribution < 1.29 is 4.79 Å². The highest BCUT2D eigenvalue weighted by Gasteiger charge is 2.13. The number of benzene rings is 2. The molecule has 6 nitrogen and oxygen atoms in total. The van der Waals surface area contributed by atoms with E-state index >= 15 is 0 Å². The summed E-state index contributed by atoms with van der Waals surface area (Å²) in [5.41, 5.74) is 3.44. The van der Waals surface area contributed by atoms with Crippen LogP contribution in [-0.4, -0.2) is 48.0 Å². The first-order valence-electron chi connectivity index (χ1n) is 9.68. The third kappa shape index (κ3) is 6.12. The molecule has 0 fully saturated rings. The summed E-state index contributed by atoms with van der Waals surface area (Å²) in [4.78, 5) is 24.0. The summed E-state index contributed by atoms with van der Waals surface area (Å²) in [6, 6.07) is 19.5. The highest BCUT2D eigenvalue weighted by atomic mass is 16.1. The predicted octanol–water partition coefficient (Wildman–Crippen LogP) is 3.36. The number of carbonyl (C=O) groups excluding carboxylic acids is 1. The van der Waals surface area contributed by atoms with Crippen molar-refractivity contribution in [3.8, 4) is 11.4 Å². The Kier molecular flexibility index (Phi) is 6.92.